The van der Waals surface area contributed by atoms with Crippen LogP contribution in [0.15, 0.2) is 6.07 Å². The number of carbonyl (C=O) groups is 1. The number of nitrogens with one attached hydrogen (secondary N) is 1. The van der Waals surface area contributed by atoms with E-state index in [-0.39, 0.29) is 38.6 Å². The van der Waals surface area contributed by atoms with E-state index < -0.39 is 0 Å². The third-order valence-electron chi connectivity index (χ3n) is 1.85. The van der Waals surface area contributed by atoms with Crippen LogP contribution in [-0.2, 0) is 39.3 Å². The summed E-state index contributed by atoms with van der Waals surface area (Å²) < 4.78 is 0. The van der Waals surface area contributed by atoms with Crippen molar-refractivity contribution in [2.24, 2.45) is 0 Å². The molecule has 1 aromatic heterocycles. The molecule has 65 valence electrons. The van der Waals surface area contributed by atoms with Gasteiger partial charge in [-0.3, -0.25) is 9.78 Å². The number of amides is 1. The predicted molar refractivity (Wildman–Crippen MR) is 44.9 cm³/mol. The van der Waals surface area contributed by atoms with Crippen LogP contribution in [0.3, 0.4) is 0 Å². The number of fused-ring (bicyclic) bond motifs is 1. The van der Waals surface area contributed by atoms with Crippen LogP contribution in [0.1, 0.15) is 21.6 Å². The maximum atomic E-state index is 11.1. The molecule has 0 aromatic carbocycles. The number of halogens is 1. The number of rotatable bonds is 0. The molecule has 0 unspecified atom stereocenters. The summed E-state index contributed by atoms with van der Waals surface area (Å²) in [6.45, 7) is 4.21. The fourth-order valence-electron chi connectivity index (χ4n) is 1.25. The van der Waals surface area contributed by atoms with Crippen LogP contribution in [0.25, 0.3) is 0 Å². The van der Waals surface area contributed by atoms with Gasteiger partial charge in [-0.15, -0.1) is 5.56 Å². The van der Waals surface area contributed by atoms with E-state index in [9.17, 15) is 4.79 Å². The molecule has 1 aliphatic heterocycles. The summed E-state index contributed by atoms with van der Waals surface area (Å²) in [5, 5.41) is 2.99. The number of hydrogen-bond acceptors (Lipinski definition) is 2. The first-order valence-corrected chi connectivity index (χ1v) is 3.86. The van der Waals surface area contributed by atoms with Crippen molar-refractivity contribution >= 4 is 17.5 Å². The Labute approximate surface area is 106 Å². The van der Waals surface area contributed by atoms with Gasteiger partial charge < -0.3 is 5.32 Å². The predicted octanol–water partition coefficient (Wildman–Crippen LogP) is 1.16. The van der Waals surface area contributed by atoms with E-state index in [0.717, 1.165) is 5.56 Å². The first-order chi connectivity index (χ1) is 5.68. The van der Waals surface area contributed by atoms with Crippen molar-refractivity contribution < 1.29 is 37.5 Å². The van der Waals surface area contributed by atoms with Gasteiger partial charge in [-0.05, 0) is 18.2 Å². The zero-order chi connectivity index (χ0) is 8.72. The molecule has 1 amide bonds. The summed E-state index contributed by atoms with van der Waals surface area (Å²) >= 11 is 5.66. The Hall–Kier alpha value is -0.116. The Kier molecular flexibility index (Phi) is 3.33. The molecule has 2 rings (SSSR count). The van der Waals surface area contributed by atoms with Gasteiger partial charge in [-0.25, -0.2) is 6.92 Å². The summed E-state index contributed by atoms with van der Waals surface area (Å²) in [5.41, 5.74) is 2.03. The molecule has 2 heterocycles. The van der Waals surface area contributed by atoms with E-state index in [0.29, 0.717) is 23.0 Å². The van der Waals surface area contributed by atoms with Crippen molar-refractivity contribution in [2.45, 2.75) is 6.54 Å². The van der Waals surface area contributed by atoms with Crippen molar-refractivity contribution in [1.82, 2.24) is 10.3 Å². The van der Waals surface area contributed by atoms with Crippen molar-refractivity contribution in [3.05, 3.63) is 35.0 Å². The van der Waals surface area contributed by atoms with Crippen LogP contribution in [-0.4, -0.2) is 10.9 Å². The van der Waals surface area contributed by atoms with Crippen LogP contribution in [0.2, 0.25) is 5.15 Å². The summed E-state index contributed by atoms with van der Waals surface area (Å²) in [4.78, 5) is 15.1. The van der Waals surface area contributed by atoms with Gasteiger partial charge >= 0.3 is 0 Å². The monoisotopic (exact) mass is 270 g/mol. The fraction of sp³-hybridized carbons (Fsp3) is 0.125. The summed E-state index contributed by atoms with van der Waals surface area (Å²) in [5.74, 6) is -0.0980. The van der Waals surface area contributed by atoms with Crippen LogP contribution >= 0.6 is 11.6 Å². The minimum Gasteiger partial charge on any atom is -0.366 e. The van der Waals surface area contributed by atoms with Gasteiger partial charge in [-0.2, -0.15) is 0 Å². The molecule has 0 aliphatic carbocycles. The maximum absolute atomic E-state index is 11.1. The molecule has 13 heavy (non-hydrogen) atoms. The molecule has 1 radical (unpaired) electrons. The van der Waals surface area contributed by atoms with E-state index in [1.165, 1.54) is 0 Å². The third-order valence-corrected chi connectivity index (χ3v) is 2.04. The molecule has 3 nitrogen and oxygen atoms in total. The van der Waals surface area contributed by atoms with Crippen molar-refractivity contribution in [2.75, 3.05) is 0 Å². The molecule has 0 bridgehead atoms. The molecule has 0 saturated carbocycles. The van der Waals surface area contributed by atoms with E-state index >= 15 is 0 Å². The zero-order valence-corrected chi connectivity index (χ0v) is 10.4. The smallest absolute Gasteiger partial charge is 0.232 e. The number of nitrogens with zero attached hydrogens (tertiary/aromatic N) is 1. The topological polar surface area (TPSA) is 42.0 Å². The summed E-state index contributed by atoms with van der Waals surface area (Å²) in [6.07, 6.45) is 0. The molecular formula is C8H6ClN2OY-. The average molecular weight is 271 g/mol. The van der Waals surface area contributed by atoms with Crippen LogP contribution < -0.4 is 5.32 Å². The van der Waals surface area contributed by atoms with E-state index in [1.54, 1.807) is 6.07 Å². The SMILES string of the molecule is [CH2-]c1nc(Cl)cc2c1CNC2=O.[Y]. The second kappa shape index (κ2) is 3.95. The molecule has 0 saturated heterocycles. The van der Waals surface area contributed by atoms with Gasteiger partial charge in [0.15, 0.2) is 0 Å². The molecule has 1 aromatic rings. The molecular weight excluding hydrogens is 264 g/mol. The number of aromatic nitrogens is 1. The second-order valence-corrected chi connectivity index (χ2v) is 2.99. The quantitative estimate of drug-likeness (QED) is 0.568. The van der Waals surface area contributed by atoms with Crippen molar-refractivity contribution in [3.8, 4) is 0 Å². The first-order valence-electron chi connectivity index (χ1n) is 3.48. The van der Waals surface area contributed by atoms with Gasteiger partial charge in [0.05, 0.1) is 0 Å². The molecule has 1 aliphatic rings. The standard InChI is InChI=1S/C8H6ClN2O.Y/c1-4-6-3-10-8(12)5(6)2-7(9)11-4;/h2H,1,3H2,(H,10,12);/q-1;. The van der Waals surface area contributed by atoms with Gasteiger partial charge in [0.2, 0.25) is 5.91 Å². The molecule has 5 heteroatoms. The summed E-state index contributed by atoms with van der Waals surface area (Å²) in [7, 11) is 0. The normalized spacial score (nSPS) is 13.2. The average Bonchev–Trinajstić information content (AvgIpc) is 2.33. The number of carbonyl (C=O) groups excluding carboxylic acids is 1. The number of hydrogen-bond donors (Lipinski definition) is 1. The maximum Gasteiger partial charge on any atom is 0.232 e. The van der Waals surface area contributed by atoms with Crippen molar-refractivity contribution in [1.29, 1.82) is 0 Å². The van der Waals surface area contributed by atoms with Crippen molar-refractivity contribution in [3.63, 3.8) is 0 Å². The van der Waals surface area contributed by atoms with Crippen LogP contribution in [0, 0.1) is 6.92 Å². The van der Waals surface area contributed by atoms with E-state index in [4.69, 9.17) is 11.6 Å². The Morgan fingerprint density at radius 1 is 1.62 bits per heavy atom. The van der Waals surface area contributed by atoms with Gasteiger partial charge in [0.1, 0.15) is 5.15 Å². The minimum atomic E-state index is -0.0980. The summed E-state index contributed by atoms with van der Waals surface area (Å²) in [6, 6.07) is 1.56. The Morgan fingerprint density at radius 3 is 3.00 bits per heavy atom. The first kappa shape index (κ1) is 11.0. The number of pyridine rings is 1. The molecule has 0 fully saturated rings. The molecule has 1 N–H and O–H groups in total. The third kappa shape index (κ3) is 1.87. The Morgan fingerprint density at radius 2 is 2.31 bits per heavy atom. The fourth-order valence-corrected chi connectivity index (χ4v) is 1.47. The zero-order valence-electron chi connectivity index (χ0n) is 6.80. The minimum absolute atomic E-state index is 0. The van der Waals surface area contributed by atoms with Gasteiger partial charge in [-0.1, -0.05) is 17.3 Å². The van der Waals surface area contributed by atoms with Crippen LogP contribution in [0.4, 0.5) is 0 Å². The Bertz CT molecular complexity index is 367. The Balaban J connectivity index is 0.000000845. The largest absolute Gasteiger partial charge is 0.366 e. The molecule has 0 atom stereocenters. The van der Waals surface area contributed by atoms with E-state index in [2.05, 4.69) is 17.2 Å². The molecule has 0 spiro atoms. The van der Waals surface area contributed by atoms with Crippen LogP contribution in [0.5, 0.6) is 0 Å². The van der Waals surface area contributed by atoms with E-state index in [1.807, 2.05) is 0 Å². The van der Waals surface area contributed by atoms with Gasteiger partial charge in [0.25, 0.3) is 0 Å². The second-order valence-electron chi connectivity index (χ2n) is 2.60. The van der Waals surface area contributed by atoms with Gasteiger partial charge in [0, 0.05) is 32.7 Å².